The summed E-state index contributed by atoms with van der Waals surface area (Å²) in [4.78, 5) is 15.4. The fourth-order valence-electron chi connectivity index (χ4n) is 1.29. The number of anilines is 2. The van der Waals surface area contributed by atoms with E-state index < -0.39 is 11.7 Å². The van der Waals surface area contributed by atoms with Crippen LogP contribution in [0.3, 0.4) is 0 Å². The number of nitrogen functional groups attached to an aromatic ring is 1. The van der Waals surface area contributed by atoms with Crippen LogP contribution in [0.25, 0.3) is 0 Å². The standard InChI is InChI=1S/C10H10FN5O/c1-16-9(7(12)5-14-16)15-10(17)8-3-2-6(11)4-13-8/h2-5H,12H2,1H3,(H,15,17). The predicted molar refractivity (Wildman–Crippen MR) is 59.8 cm³/mol. The fraction of sp³-hybridized carbons (Fsp3) is 0.100. The van der Waals surface area contributed by atoms with Crippen LogP contribution in [0.4, 0.5) is 15.9 Å². The summed E-state index contributed by atoms with van der Waals surface area (Å²) >= 11 is 0. The van der Waals surface area contributed by atoms with Crippen molar-refractivity contribution in [2.45, 2.75) is 0 Å². The van der Waals surface area contributed by atoms with Gasteiger partial charge in [-0.15, -0.1) is 0 Å². The molecule has 0 aliphatic heterocycles. The lowest BCUT2D eigenvalue weighted by molar-refractivity contribution is 0.102. The van der Waals surface area contributed by atoms with Crippen molar-refractivity contribution in [3.63, 3.8) is 0 Å². The summed E-state index contributed by atoms with van der Waals surface area (Å²) in [5.41, 5.74) is 6.07. The zero-order valence-corrected chi connectivity index (χ0v) is 9.01. The first kappa shape index (κ1) is 11.1. The molecule has 0 saturated heterocycles. The molecule has 0 fully saturated rings. The maximum atomic E-state index is 12.6. The van der Waals surface area contributed by atoms with Gasteiger partial charge in [0.25, 0.3) is 5.91 Å². The number of hydrogen-bond donors (Lipinski definition) is 2. The van der Waals surface area contributed by atoms with Crippen molar-refractivity contribution >= 4 is 17.4 Å². The monoisotopic (exact) mass is 235 g/mol. The number of nitrogens with two attached hydrogens (primary N) is 1. The predicted octanol–water partition coefficient (Wildman–Crippen LogP) is 0.789. The quantitative estimate of drug-likeness (QED) is 0.805. The zero-order chi connectivity index (χ0) is 12.4. The number of hydrogen-bond acceptors (Lipinski definition) is 4. The Balaban J connectivity index is 2.20. The van der Waals surface area contributed by atoms with Crippen molar-refractivity contribution in [1.29, 1.82) is 0 Å². The van der Waals surface area contributed by atoms with Crippen LogP contribution in [0.2, 0.25) is 0 Å². The number of aryl methyl sites for hydroxylation is 1. The summed E-state index contributed by atoms with van der Waals surface area (Å²) in [6.07, 6.45) is 2.40. The Morgan fingerprint density at radius 2 is 2.24 bits per heavy atom. The molecule has 3 N–H and O–H groups in total. The number of nitrogens with zero attached hydrogens (tertiary/aromatic N) is 3. The molecule has 6 nitrogen and oxygen atoms in total. The van der Waals surface area contributed by atoms with Crippen LogP contribution in [0.1, 0.15) is 10.5 Å². The Hall–Kier alpha value is -2.44. The van der Waals surface area contributed by atoms with Crippen LogP contribution in [0, 0.1) is 5.82 Å². The van der Waals surface area contributed by atoms with E-state index in [1.165, 1.54) is 16.9 Å². The number of aromatic nitrogens is 3. The van der Waals surface area contributed by atoms with E-state index in [0.29, 0.717) is 11.5 Å². The molecule has 0 spiro atoms. The summed E-state index contributed by atoms with van der Waals surface area (Å²) < 4.78 is 14.1. The minimum absolute atomic E-state index is 0.104. The summed E-state index contributed by atoms with van der Waals surface area (Å²) in [5.74, 6) is -0.594. The second kappa shape index (κ2) is 4.20. The maximum absolute atomic E-state index is 12.6. The van der Waals surface area contributed by atoms with E-state index in [2.05, 4.69) is 15.4 Å². The molecule has 0 unspecified atom stereocenters. The third kappa shape index (κ3) is 2.22. The van der Waals surface area contributed by atoms with Gasteiger partial charge >= 0.3 is 0 Å². The van der Waals surface area contributed by atoms with E-state index >= 15 is 0 Å². The van der Waals surface area contributed by atoms with Crippen LogP contribution < -0.4 is 11.1 Å². The first-order valence-electron chi connectivity index (χ1n) is 4.78. The molecule has 2 rings (SSSR count). The lowest BCUT2D eigenvalue weighted by Gasteiger charge is -2.05. The Bertz CT molecular complexity index is 529. The van der Waals surface area contributed by atoms with Crippen LogP contribution >= 0.6 is 0 Å². The van der Waals surface area contributed by atoms with E-state index in [1.54, 1.807) is 7.05 Å². The van der Waals surface area contributed by atoms with Crippen molar-refractivity contribution < 1.29 is 9.18 Å². The Labute approximate surface area is 96.3 Å². The average Bonchev–Trinajstić information content (AvgIpc) is 2.61. The van der Waals surface area contributed by atoms with Crippen molar-refractivity contribution in [1.82, 2.24) is 14.8 Å². The molecule has 0 aromatic carbocycles. The highest BCUT2D eigenvalue weighted by molar-refractivity contribution is 6.03. The molecule has 2 heterocycles. The third-order valence-electron chi connectivity index (χ3n) is 2.16. The molecule has 0 bridgehead atoms. The van der Waals surface area contributed by atoms with Gasteiger partial charge in [0.1, 0.15) is 11.5 Å². The molecule has 0 atom stereocenters. The van der Waals surface area contributed by atoms with Crippen molar-refractivity contribution in [3.05, 3.63) is 36.0 Å². The van der Waals surface area contributed by atoms with E-state index in [0.717, 1.165) is 12.3 Å². The number of amides is 1. The molecule has 17 heavy (non-hydrogen) atoms. The molecule has 7 heteroatoms. The van der Waals surface area contributed by atoms with Gasteiger partial charge in [0.15, 0.2) is 5.82 Å². The molecular formula is C10H10FN5O. The van der Waals surface area contributed by atoms with Gasteiger partial charge in [0, 0.05) is 7.05 Å². The summed E-state index contributed by atoms with van der Waals surface area (Å²) in [6, 6.07) is 2.45. The van der Waals surface area contributed by atoms with Gasteiger partial charge in [0.05, 0.1) is 18.1 Å². The molecule has 2 aromatic rings. The first-order chi connectivity index (χ1) is 8.08. The zero-order valence-electron chi connectivity index (χ0n) is 9.01. The highest BCUT2D eigenvalue weighted by atomic mass is 19.1. The normalized spacial score (nSPS) is 10.2. The van der Waals surface area contributed by atoms with E-state index in [9.17, 15) is 9.18 Å². The Kier molecular flexibility index (Phi) is 2.73. The summed E-state index contributed by atoms with van der Waals surface area (Å²) in [7, 11) is 1.64. The SMILES string of the molecule is Cn1ncc(N)c1NC(=O)c1ccc(F)cn1. The molecule has 1 amide bonds. The van der Waals surface area contributed by atoms with E-state index in [4.69, 9.17) is 5.73 Å². The molecule has 0 radical (unpaired) electrons. The lowest BCUT2D eigenvalue weighted by Crippen LogP contribution is -2.16. The number of pyridine rings is 1. The van der Waals surface area contributed by atoms with E-state index in [1.807, 2.05) is 0 Å². The van der Waals surface area contributed by atoms with E-state index in [-0.39, 0.29) is 5.69 Å². The van der Waals surface area contributed by atoms with Crippen molar-refractivity contribution in [2.24, 2.45) is 7.05 Å². The van der Waals surface area contributed by atoms with Crippen LogP contribution in [0.15, 0.2) is 24.5 Å². The first-order valence-corrected chi connectivity index (χ1v) is 4.78. The van der Waals surface area contributed by atoms with Gasteiger partial charge < -0.3 is 11.1 Å². The molecule has 0 saturated carbocycles. The average molecular weight is 235 g/mol. The van der Waals surface area contributed by atoms with Gasteiger partial charge in [0.2, 0.25) is 0 Å². The number of carbonyl (C=O) groups excluding carboxylic acids is 1. The largest absolute Gasteiger partial charge is 0.394 e. The fourth-order valence-corrected chi connectivity index (χ4v) is 1.29. The number of halogens is 1. The Morgan fingerprint density at radius 3 is 2.76 bits per heavy atom. The second-order valence-electron chi connectivity index (χ2n) is 3.39. The third-order valence-corrected chi connectivity index (χ3v) is 2.16. The Morgan fingerprint density at radius 1 is 1.47 bits per heavy atom. The summed E-state index contributed by atoms with van der Waals surface area (Å²) in [5, 5.41) is 6.42. The molecule has 0 aliphatic rings. The van der Waals surface area contributed by atoms with Gasteiger partial charge in [-0.25, -0.2) is 9.37 Å². The van der Waals surface area contributed by atoms with Crippen molar-refractivity contribution in [2.75, 3.05) is 11.1 Å². The van der Waals surface area contributed by atoms with Gasteiger partial charge in [-0.3, -0.25) is 9.48 Å². The molecular weight excluding hydrogens is 225 g/mol. The van der Waals surface area contributed by atoms with Crippen LogP contribution in [-0.4, -0.2) is 20.7 Å². The van der Waals surface area contributed by atoms with Gasteiger partial charge in [-0.2, -0.15) is 5.10 Å². The van der Waals surface area contributed by atoms with Gasteiger partial charge in [-0.05, 0) is 12.1 Å². The highest BCUT2D eigenvalue weighted by Crippen LogP contribution is 2.16. The molecule has 88 valence electrons. The topological polar surface area (TPSA) is 85.8 Å². The lowest BCUT2D eigenvalue weighted by atomic mass is 10.3. The minimum Gasteiger partial charge on any atom is -0.394 e. The van der Waals surface area contributed by atoms with Crippen LogP contribution in [-0.2, 0) is 7.05 Å². The highest BCUT2D eigenvalue weighted by Gasteiger charge is 2.12. The smallest absolute Gasteiger partial charge is 0.275 e. The number of nitrogens with one attached hydrogen (secondary N) is 1. The van der Waals surface area contributed by atoms with Gasteiger partial charge in [-0.1, -0.05) is 0 Å². The number of carbonyl (C=O) groups is 1. The van der Waals surface area contributed by atoms with Crippen molar-refractivity contribution in [3.8, 4) is 0 Å². The second-order valence-corrected chi connectivity index (χ2v) is 3.39. The summed E-state index contributed by atoms with van der Waals surface area (Å²) in [6.45, 7) is 0. The number of rotatable bonds is 2. The van der Waals surface area contributed by atoms with Crippen LogP contribution in [0.5, 0.6) is 0 Å². The maximum Gasteiger partial charge on any atom is 0.275 e. The minimum atomic E-state index is -0.499. The molecule has 0 aliphatic carbocycles. The molecule has 2 aromatic heterocycles.